The minimum absolute atomic E-state index is 0.139. The van der Waals surface area contributed by atoms with Crippen molar-refractivity contribution in [2.45, 2.75) is 27.2 Å². The van der Waals surface area contributed by atoms with Gasteiger partial charge in [0, 0.05) is 11.6 Å². The van der Waals surface area contributed by atoms with Gasteiger partial charge in [0.2, 0.25) is 5.70 Å². The van der Waals surface area contributed by atoms with Crippen LogP contribution < -0.4 is 19.7 Å². The molecule has 1 N–H and O–H groups in total. The van der Waals surface area contributed by atoms with Crippen LogP contribution in [0.4, 0.5) is 5.69 Å². The number of aromatic nitrogens is 1. The van der Waals surface area contributed by atoms with Gasteiger partial charge < -0.3 is 15.2 Å². The fourth-order valence-electron chi connectivity index (χ4n) is 3.13. The molecule has 0 fully saturated rings. The number of hydrogen-bond donors (Lipinski definition) is 1. The zero-order valence-corrected chi connectivity index (χ0v) is 18.3. The van der Waals surface area contributed by atoms with Gasteiger partial charge in [-0.3, -0.25) is 0 Å². The lowest BCUT2D eigenvalue weighted by molar-refractivity contribution is -0.578. The molecular weight excluding hydrogens is 392 g/mol. The Morgan fingerprint density at radius 1 is 1.03 bits per heavy atom. The largest absolute Gasteiger partial charge is 0.867 e. The molecule has 0 spiro atoms. The molecule has 1 aromatic heterocycles. The third-order valence-corrected chi connectivity index (χ3v) is 4.99. The summed E-state index contributed by atoms with van der Waals surface area (Å²) in [7, 11) is 0. The topological polar surface area (TPSA) is 48.2 Å². The number of pyridine rings is 1. The summed E-state index contributed by atoms with van der Waals surface area (Å²) in [6.07, 6.45) is 4.66. The lowest BCUT2D eigenvalue weighted by atomic mass is 10.1. The summed E-state index contributed by atoms with van der Waals surface area (Å²) in [6, 6.07) is 19.1. The first-order chi connectivity index (χ1) is 14.5. The van der Waals surface area contributed by atoms with Gasteiger partial charge in [-0.05, 0) is 55.4 Å². The lowest BCUT2D eigenvalue weighted by Crippen LogP contribution is -2.40. The Morgan fingerprint density at radius 3 is 2.43 bits per heavy atom. The second kappa shape index (κ2) is 10.0. The van der Waals surface area contributed by atoms with Gasteiger partial charge in [0.15, 0.2) is 17.4 Å². The molecule has 5 heteroatoms. The maximum absolute atomic E-state index is 13.5. The average molecular weight is 419 g/mol. The summed E-state index contributed by atoms with van der Waals surface area (Å²) >= 11 is 5.71. The van der Waals surface area contributed by atoms with Crippen LogP contribution in [0.1, 0.15) is 30.5 Å². The number of ether oxygens (including phenoxy) is 1. The molecule has 0 saturated heterocycles. The molecule has 0 aliphatic heterocycles. The maximum Gasteiger partial charge on any atom is 0.238 e. The molecule has 0 aliphatic rings. The van der Waals surface area contributed by atoms with Crippen LogP contribution >= 0.6 is 12.2 Å². The first-order valence-electron chi connectivity index (χ1n) is 10.1. The molecule has 1 heterocycles. The zero-order valence-electron chi connectivity index (χ0n) is 17.5. The van der Waals surface area contributed by atoms with Crippen LogP contribution in [0.25, 0.3) is 11.5 Å². The molecule has 30 heavy (non-hydrogen) atoms. The average Bonchev–Trinajstić information content (AvgIpc) is 2.75. The molecule has 0 bridgehead atoms. The van der Waals surface area contributed by atoms with Crippen molar-refractivity contribution in [3.8, 4) is 5.75 Å². The van der Waals surface area contributed by atoms with Gasteiger partial charge >= 0.3 is 0 Å². The van der Waals surface area contributed by atoms with Crippen LogP contribution in [0, 0.1) is 6.92 Å². The highest BCUT2D eigenvalue weighted by atomic mass is 32.1. The van der Waals surface area contributed by atoms with Crippen molar-refractivity contribution in [1.29, 1.82) is 0 Å². The Hall–Kier alpha value is -3.18. The molecule has 0 aliphatic carbocycles. The SMILES string of the molecule is CCOc1ccccc1NC(=S)C(=C([O-])c1ccc(CC)cc1)[n+]1cccc(C)c1. The van der Waals surface area contributed by atoms with E-state index in [0.29, 0.717) is 28.6 Å². The van der Waals surface area contributed by atoms with Gasteiger partial charge in [-0.2, -0.15) is 4.57 Å². The number of rotatable bonds is 7. The third kappa shape index (κ3) is 5.05. The molecule has 0 radical (unpaired) electrons. The van der Waals surface area contributed by atoms with Crippen molar-refractivity contribution >= 4 is 34.3 Å². The van der Waals surface area contributed by atoms with Crippen LogP contribution in [0.5, 0.6) is 5.75 Å². The predicted octanol–water partition coefficient (Wildman–Crippen LogP) is 4.37. The number of anilines is 1. The van der Waals surface area contributed by atoms with Crippen LogP contribution in [-0.2, 0) is 6.42 Å². The summed E-state index contributed by atoms with van der Waals surface area (Å²) in [4.78, 5) is 0.335. The van der Waals surface area contributed by atoms with Crippen molar-refractivity contribution in [2.75, 3.05) is 11.9 Å². The van der Waals surface area contributed by atoms with Crippen LogP contribution in [-0.4, -0.2) is 11.6 Å². The number of aryl methyl sites for hydroxylation is 2. The first-order valence-corrected chi connectivity index (χ1v) is 10.5. The first kappa shape index (κ1) is 21.5. The minimum atomic E-state index is -0.139. The van der Waals surface area contributed by atoms with Gasteiger partial charge in [0.25, 0.3) is 0 Å². The van der Waals surface area contributed by atoms with E-state index in [1.165, 1.54) is 5.56 Å². The van der Waals surface area contributed by atoms with E-state index in [1.54, 1.807) is 4.57 Å². The highest BCUT2D eigenvalue weighted by molar-refractivity contribution is 7.81. The van der Waals surface area contributed by atoms with Gasteiger partial charge in [0.1, 0.15) is 5.75 Å². The normalized spacial score (nSPS) is 11.6. The summed E-state index contributed by atoms with van der Waals surface area (Å²) < 4.78 is 7.47. The summed E-state index contributed by atoms with van der Waals surface area (Å²) in [5.41, 5.74) is 3.93. The van der Waals surface area contributed by atoms with Crippen LogP contribution in [0.15, 0.2) is 73.1 Å². The third-order valence-electron chi connectivity index (χ3n) is 4.70. The number of nitrogens with zero attached hydrogens (tertiary/aromatic N) is 1. The highest BCUT2D eigenvalue weighted by Crippen LogP contribution is 2.25. The van der Waals surface area contributed by atoms with Gasteiger partial charge in [0.05, 0.1) is 12.3 Å². The Labute approximate surface area is 183 Å². The van der Waals surface area contributed by atoms with Crippen molar-refractivity contribution < 1.29 is 14.4 Å². The van der Waals surface area contributed by atoms with E-state index < -0.39 is 0 Å². The van der Waals surface area contributed by atoms with Crippen molar-refractivity contribution in [1.82, 2.24) is 0 Å². The van der Waals surface area contributed by atoms with Crippen molar-refractivity contribution in [3.05, 3.63) is 89.7 Å². The van der Waals surface area contributed by atoms with E-state index in [-0.39, 0.29) is 5.76 Å². The zero-order chi connectivity index (χ0) is 21.5. The molecule has 0 saturated carbocycles. The van der Waals surface area contributed by atoms with Gasteiger partial charge in [-0.15, -0.1) is 0 Å². The molecule has 154 valence electrons. The van der Waals surface area contributed by atoms with Crippen LogP contribution in [0.2, 0.25) is 0 Å². The number of hydrogen-bond acceptors (Lipinski definition) is 3. The van der Waals surface area contributed by atoms with Gasteiger partial charge in [-0.25, -0.2) is 0 Å². The molecule has 0 unspecified atom stereocenters. The summed E-state index contributed by atoms with van der Waals surface area (Å²) in [5, 5.41) is 16.7. The predicted molar refractivity (Wildman–Crippen MR) is 124 cm³/mol. The van der Waals surface area contributed by atoms with Gasteiger partial charge in [-0.1, -0.05) is 55.5 Å². The molecular formula is C25H26N2O2S. The Balaban J connectivity index is 2.06. The van der Waals surface area contributed by atoms with E-state index >= 15 is 0 Å². The fraction of sp³-hybridized carbons (Fsp3) is 0.200. The quantitative estimate of drug-likeness (QED) is 0.268. The monoisotopic (exact) mass is 418 g/mol. The smallest absolute Gasteiger partial charge is 0.238 e. The lowest BCUT2D eigenvalue weighted by Gasteiger charge is -2.18. The Morgan fingerprint density at radius 2 is 1.77 bits per heavy atom. The summed E-state index contributed by atoms with van der Waals surface area (Å²) in [5.74, 6) is 0.551. The molecule has 3 rings (SSSR count). The van der Waals surface area contributed by atoms with E-state index in [9.17, 15) is 5.11 Å². The number of benzene rings is 2. The number of para-hydroxylation sites is 2. The molecule has 4 nitrogen and oxygen atoms in total. The molecule has 0 amide bonds. The van der Waals surface area contributed by atoms with Crippen molar-refractivity contribution in [2.24, 2.45) is 0 Å². The molecule has 0 atom stereocenters. The molecule has 2 aromatic carbocycles. The number of thiocarbonyl (C=S) groups is 1. The Bertz CT molecular complexity index is 1060. The van der Waals surface area contributed by atoms with E-state index in [4.69, 9.17) is 17.0 Å². The molecule has 3 aromatic rings. The Kier molecular flexibility index (Phi) is 7.20. The highest BCUT2D eigenvalue weighted by Gasteiger charge is 2.20. The minimum Gasteiger partial charge on any atom is -0.867 e. The van der Waals surface area contributed by atoms with Crippen molar-refractivity contribution in [3.63, 3.8) is 0 Å². The maximum atomic E-state index is 13.5. The summed E-state index contributed by atoms with van der Waals surface area (Å²) in [6.45, 7) is 6.54. The fourth-order valence-corrected chi connectivity index (χ4v) is 3.44. The van der Waals surface area contributed by atoms with Crippen LogP contribution in [0.3, 0.4) is 0 Å². The standard InChI is InChI=1S/C25H26N2O2S/c1-4-19-12-14-20(15-13-19)24(28)23(27-16-8-9-18(3)17-27)25(30)26-21-10-6-7-11-22(21)29-5-2/h6-17H,4-5H2,1-3H3,(H-,26,28,30). The number of nitrogens with one attached hydrogen (secondary N) is 1. The van der Waals surface area contributed by atoms with E-state index in [2.05, 4.69) is 12.2 Å². The van der Waals surface area contributed by atoms with E-state index in [1.807, 2.05) is 86.9 Å². The second-order valence-electron chi connectivity index (χ2n) is 6.90. The second-order valence-corrected chi connectivity index (χ2v) is 7.31. The van der Waals surface area contributed by atoms with E-state index in [0.717, 1.165) is 17.7 Å².